The van der Waals surface area contributed by atoms with Crippen molar-refractivity contribution >= 4 is 35.5 Å². The Labute approximate surface area is 265 Å². The third-order valence-electron chi connectivity index (χ3n) is 8.29. The van der Waals surface area contributed by atoms with Gasteiger partial charge in [0.2, 0.25) is 17.6 Å². The van der Waals surface area contributed by atoms with Crippen LogP contribution in [0.3, 0.4) is 0 Å². The number of carbonyl (C=O) groups excluding carboxylic acids is 3. The number of hydrogen-bond acceptors (Lipinski definition) is 9. The Morgan fingerprint density at radius 3 is 2.69 bits per heavy atom. The fourth-order valence-electron chi connectivity index (χ4n) is 5.84. The Kier molecular flexibility index (Phi) is 9.06. The zero-order valence-corrected chi connectivity index (χ0v) is 26.2. The number of fused-ring (bicyclic) bond motifs is 2. The molecule has 1 aromatic heterocycles. The van der Waals surface area contributed by atoms with Crippen molar-refractivity contribution in [2.45, 2.75) is 95.0 Å². The van der Waals surface area contributed by atoms with Gasteiger partial charge in [0, 0.05) is 24.4 Å². The third kappa shape index (κ3) is 7.21. The number of phenols is 1. The summed E-state index contributed by atoms with van der Waals surface area (Å²) in [4.78, 5) is 55.7. The van der Waals surface area contributed by atoms with Crippen LogP contribution in [-0.4, -0.2) is 89.0 Å². The first-order chi connectivity index (χ1) is 21.3. The number of benzene rings is 1. The van der Waals surface area contributed by atoms with Crippen LogP contribution in [0, 0.1) is 5.92 Å². The molecule has 14 nitrogen and oxygen atoms in total. The normalized spacial score (nSPS) is 28.1. The van der Waals surface area contributed by atoms with Gasteiger partial charge in [-0.15, -0.1) is 10.2 Å². The number of aromatic nitrogens is 4. The van der Waals surface area contributed by atoms with E-state index in [1.807, 2.05) is 12.2 Å². The highest BCUT2D eigenvalue weighted by Gasteiger charge is 2.61. The molecule has 0 unspecified atom stereocenters. The topological polar surface area (TPSA) is 189 Å². The second-order valence-corrected chi connectivity index (χ2v) is 13.2. The van der Waals surface area contributed by atoms with Crippen LogP contribution in [0.2, 0.25) is 5.02 Å². The number of aliphatic carboxylic acids is 1. The Morgan fingerprint density at radius 2 is 1.98 bits per heavy atom. The highest BCUT2D eigenvalue weighted by molar-refractivity contribution is 6.32. The van der Waals surface area contributed by atoms with Gasteiger partial charge in [0.05, 0.1) is 11.1 Å². The monoisotopic (exact) mass is 643 g/mol. The highest BCUT2D eigenvalue weighted by atomic mass is 35.5. The maximum Gasteiger partial charge on any atom is 0.408 e. The van der Waals surface area contributed by atoms with Crippen molar-refractivity contribution in [2.24, 2.45) is 5.92 Å². The summed E-state index contributed by atoms with van der Waals surface area (Å²) in [6.07, 6.45) is 6.68. The number of alkyl carbamates (subject to hydrolysis) is 1. The summed E-state index contributed by atoms with van der Waals surface area (Å²) in [5.41, 5.74) is -1.74. The number of halogens is 1. The van der Waals surface area contributed by atoms with Crippen LogP contribution in [-0.2, 0) is 19.1 Å². The molecule has 0 bridgehead atoms. The minimum Gasteiger partial charge on any atom is -0.506 e. The number of nitrogens with zero attached hydrogens (tertiary/aromatic N) is 5. The molecular weight excluding hydrogens is 606 g/mol. The fraction of sp³-hybridized carbons (Fsp3) is 0.567. The number of nitrogens with one attached hydrogen (secondary N) is 2. The average Bonchev–Trinajstić information content (AvgIpc) is 3.28. The predicted molar refractivity (Wildman–Crippen MR) is 161 cm³/mol. The van der Waals surface area contributed by atoms with Gasteiger partial charge in [-0.3, -0.25) is 9.59 Å². The van der Waals surface area contributed by atoms with E-state index in [9.17, 15) is 29.4 Å². The van der Waals surface area contributed by atoms with Gasteiger partial charge in [0.25, 0.3) is 0 Å². The Balaban J connectivity index is 1.45. The van der Waals surface area contributed by atoms with E-state index in [1.165, 1.54) is 21.8 Å². The zero-order valence-electron chi connectivity index (χ0n) is 25.4. The first kappa shape index (κ1) is 32.2. The summed E-state index contributed by atoms with van der Waals surface area (Å²) in [5, 5.41) is 38.1. The summed E-state index contributed by atoms with van der Waals surface area (Å²) in [5.74, 6) is -2.47. The molecule has 0 spiro atoms. The molecular formula is C30H38ClN7O7. The first-order valence-electron chi connectivity index (χ1n) is 15.1. The summed E-state index contributed by atoms with van der Waals surface area (Å²) in [6, 6.07) is 1.85. The molecule has 2 fully saturated rings. The average molecular weight is 644 g/mol. The second kappa shape index (κ2) is 12.7. The van der Waals surface area contributed by atoms with E-state index in [-0.39, 0.29) is 41.9 Å². The maximum atomic E-state index is 14.1. The van der Waals surface area contributed by atoms with Crippen LogP contribution in [0.15, 0.2) is 30.4 Å². The van der Waals surface area contributed by atoms with Gasteiger partial charge in [0.1, 0.15) is 29.0 Å². The molecule has 242 valence electrons. The quantitative estimate of drug-likeness (QED) is 0.360. The summed E-state index contributed by atoms with van der Waals surface area (Å²) in [6.45, 7) is 5.18. The minimum atomic E-state index is -1.45. The number of tetrazole rings is 1. The van der Waals surface area contributed by atoms with Gasteiger partial charge in [-0.2, -0.15) is 4.80 Å². The standard InChI is InChI=1S/C30H38ClN7O7/c1-29(2,3)45-28(44)32-21-10-8-6-4-5-7-9-18-15-30(18,27(42)43)33-25(40)22-14-19(16-37(22)26(21)41)38-35-24(34-36-38)17-11-12-23(39)20(31)13-17/h7,9,11-13,18-19,21-22,39H,4-6,8,10,14-16H2,1-3H3,(H,32,44)(H,33,40)(H,42,43)/b9-7-/t18-,19+,21-,22-,30+/m0/s1. The van der Waals surface area contributed by atoms with Crippen molar-refractivity contribution in [2.75, 3.05) is 6.54 Å². The van der Waals surface area contributed by atoms with E-state index in [0.717, 1.165) is 19.3 Å². The molecule has 2 aromatic rings. The Bertz CT molecular complexity index is 1510. The van der Waals surface area contributed by atoms with Gasteiger partial charge in [0.15, 0.2) is 0 Å². The number of hydrogen-bond donors (Lipinski definition) is 4. The van der Waals surface area contributed by atoms with Gasteiger partial charge < -0.3 is 30.5 Å². The molecule has 1 saturated carbocycles. The minimum absolute atomic E-state index is 0.0129. The predicted octanol–water partition coefficient (Wildman–Crippen LogP) is 3.21. The second-order valence-electron chi connectivity index (χ2n) is 12.8. The van der Waals surface area contributed by atoms with E-state index in [4.69, 9.17) is 16.3 Å². The van der Waals surface area contributed by atoms with Crippen LogP contribution in [0.4, 0.5) is 4.79 Å². The van der Waals surface area contributed by atoms with Crippen LogP contribution in [0.5, 0.6) is 5.75 Å². The van der Waals surface area contributed by atoms with Gasteiger partial charge in [-0.05, 0) is 69.9 Å². The molecule has 2 aliphatic heterocycles. The third-order valence-corrected chi connectivity index (χ3v) is 8.59. The number of phenolic OH excluding ortho intramolecular Hbond substituents is 1. The number of amides is 3. The van der Waals surface area contributed by atoms with Crippen molar-refractivity contribution < 1.29 is 34.1 Å². The Morgan fingerprint density at radius 1 is 1.20 bits per heavy atom. The van der Waals surface area contributed by atoms with Crippen LogP contribution in [0.25, 0.3) is 11.4 Å². The molecule has 1 aliphatic carbocycles. The van der Waals surface area contributed by atoms with E-state index in [2.05, 4.69) is 26.0 Å². The van der Waals surface area contributed by atoms with E-state index < -0.39 is 53.1 Å². The lowest BCUT2D eigenvalue weighted by Crippen LogP contribution is -2.56. The van der Waals surface area contributed by atoms with Crippen molar-refractivity contribution in [1.29, 1.82) is 0 Å². The lowest BCUT2D eigenvalue weighted by Gasteiger charge is -2.30. The molecule has 5 rings (SSSR count). The smallest absolute Gasteiger partial charge is 0.408 e. The highest BCUT2D eigenvalue weighted by Crippen LogP contribution is 2.45. The molecule has 1 aromatic carbocycles. The van der Waals surface area contributed by atoms with Crippen molar-refractivity contribution in [1.82, 2.24) is 35.7 Å². The molecule has 15 heteroatoms. The SMILES string of the molecule is CC(C)(C)OC(=O)N[C@H]1CCCCC/C=C\[C@H]2C[C@@]2(C(=O)O)NC(=O)[C@@H]2C[C@@H](n3nnc(-c4ccc(O)c(Cl)c4)n3)CN2C1=O. The van der Waals surface area contributed by atoms with Crippen molar-refractivity contribution in [3.63, 3.8) is 0 Å². The molecule has 5 atom stereocenters. The molecule has 3 aliphatic rings. The largest absolute Gasteiger partial charge is 0.506 e. The Hall–Kier alpha value is -4.20. The molecule has 3 amide bonds. The van der Waals surface area contributed by atoms with Crippen LogP contribution < -0.4 is 10.6 Å². The molecule has 45 heavy (non-hydrogen) atoms. The molecule has 0 radical (unpaired) electrons. The van der Waals surface area contributed by atoms with Crippen molar-refractivity contribution in [3.8, 4) is 17.1 Å². The lowest BCUT2D eigenvalue weighted by molar-refractivity contribution is -0.145. The fourth-order valence-corrected chi connectivity index (χ4v) is 6.02. The zero-order chi connectivity index (χ0) is 32.5. The molecule has 4 N–H and O–H groups in total. The maximum absolute atomic E-state index is 14.1. The number of carboxylic acid groups (broad SMARTS) is 1. The van der Waals surface area contributed by atoms with E-state index in [1.54, 1.807) is 26.8 Å². The molecule has 1 saturated heterocycles. The van der Waals surface area contributed by atoms with Crippen LogP contribution >= 0.6 is 11.6 Å². The number of rotatable bonds is 4. The van der Waals surface area contributed by atoms with E-state index >= 15 is 0 Å². The van der Waals surface area contributed by atoms with Gasteiger partial charge in [-0.25, -0.2) is 9.59 Å². The number of aromatic hydroxyl groups is 1. The summed E-state index contributed by atoms with van der Waals surface area (Å²) in [7, 11) is 0. The number of carboxylic acids is 1. The number of ether oxygens (including phenoxy) is 1. The van der Waals surface area contributed by atoms with E-state index in [0.29, 0.717) is 18.4 Å². The number of carbonyl (C=O) groups is 4. The van der Waals surface area contributed by atoms with Gasteiger partial charge >= 0.3 is 12.1 Å². The summed E-state index contributed by atoms with van der Waals surface area (Å²) >= 11 is 6.05. The molecule has 3 heterocycles. The van der Waals surface area contributed by atoms with Crippen LogP contribution in [0.1, 0.15) is 71.8 Å². The lowest BCUT2D eigenvalue weighted by atomic mass is 10.0. The summed E-state index contributed by atoms with van der Waals surface area (Å²) < 4.78 is 5.43. The number of allylic oxidation sites excluding steroid dienone is 1. The first-order valence-corrected chi connectivity index (χ1v) is 15.5. The van der Waals surface area contributed by atoms with Gasteiger partial charge in [-0.1, -0.05) is 36.6 Å². The van der Waals surface area contributed by atoms with Crippen molar-refractivity contribution in [3.05, 3.63) is 35.4 Å².